The van der Waals surface area contributed by atoms with Gasteiger partial charge in [0.25, 0.3) is 0 Å². The van der Waals surface area contributed by atoms with E-state index in [9.17, 15) is 33.2 Å². The topological polar surface area (TPSA) is 83.7 Å². The monoisotopic (exact) mass is 304 g/mol. The summed E-state index contributed by atoms with van der Waals surface area (Å²) in [5.74, 6) is -2.46. The van der Waals surface area contributed by atoms with Crippen LogP contribution in [0.3, 0.4) is 0 Å². The highest BCUT2D eigenvalue weighted by Gasteiger charge is 2.42. The first-order chi connectivity index (χ1) is 9.70. The quantitative estimate of drug-likeness (QED) is 0.633. The van der Waals surface area contributed by atoms with E-state index in [0.29, 0.717) is 16.0 Å². The number of hydrogen-bond donors (Lipinski definition) is 1. The molecule has 1 N–H and O–H groups in total. The number of phenols is 1. The number of alkyl halides is 3. The molecule has 114 valence electrons. The lowest BCUT2D eigenvalue weighted by Gasteiger charge is -2.21. The van der Waals surface area contributed by atoms with Gasteiger partial charge in [-0.1, -0.05) is 0 Å². The van der Waals surface area contributed by atoms with Crippen LogP contribution in [0.4, 0.5) is 18.9 Å². The van der Waals surface area contributed by atoms with E-state index in [4.69, 9.17) is 0 Å². The molecule has 0 saturated carbocycles. The largest absolute Gasteiger partial charge is 0.502 e. The Kier molecular flexibility index (Phi) is 3.75. The molecule has 0 saturated heterocycles. The molecule has 1 aromatic carbocycles. The summed E-state index contributed by atoms with van der Waals surface area (Å²) in [5, 5.41) is 20.3. The van der Waals surface area contributed by atoms with Crippen LogP contribution in [0.25, 0.3) is 0 Å². The Bertz CT molecular complexity index is 601. The van der Waals surface area contributed by atoms with Crippen molar-refractivity contribution in [2.24, 2.45) is 0 Å². The molecule has 0 aromatic heterocycles. The van der Waals surface area contributed by atoms with Crippen LogP contribution in [-0.4, -0.2) is 40.1 Å². The van der Waals surface area contributed by atoms with Gasteiger partial charge in [0.1, 0.15) is 0 Å². The SMILES string of the molecule is O=C(N1CCc2cc(O)c([N+](=O)[O-])cc2CC1)C(F)(F)F. The predicted molar refractivity (Wildman–Crippen MR) is 64.8 cm³/mol. The van der Waals surface area contributed by atoms with Crippen molar-refractivity contribution in [2.75, 3.05) is 13.1 Å². The molecule has 0 atom stereocenters. The number of amides is 1. The molecule has 1 aliphatic heterocycles. The number of carbonyl (C=O) groups is 1. The van der Waals surface area contributed by atoms with Crippen LogP contribution in [0.15, 0.2) is 12.1 Å². The number of carbonyl (C=O) groups excluding carboxylic acids is 1. The molecule has 9 heteroatoms. The number of benzene rings is 1. The van der Waals surface area contributed by atoms with E-state index in [1.807, 2.05) is 0 Å². The third kappa shape index (κ3) is 3.06. The minimum atomic E-state index is -4.94. The second-order valence-electron chi connectivity index (χ2n) is 4.66. The molecule has 1 aliphatic rings. The van der Waals surface area contributed by atoms with Crippen molar-refractivity contribution in [1.82, 2.24) is 4.90 Å². The van der Waals surface area contributed by atoms with Gasteiger partial charge >= 0.3 is 17.8 Å². The van der Waals surface area contributed by atoms with Gasteiger partial charge in [-0.3, -0.25) is 14.9 Å². The number of nitro benzene ring substituents is 1. The van der Waals surface area contributed by atoms with Gasteiger partial charge in [0.15, 0.2) is 5.75 Å². The highest BCUT2D eigenvalue weighted by molar-refractivity contribution is 5.82. The maximum Gasteiger partial charge on any atom is 0.471 e. The van der Waals surface area contributed by atoms with Crippen molar-refractivity contribution in [3.63, 3.8) is 0 Å². The van der Waals surface area contributed by atoms with Gasteiger partial charge in [-0.2, -0.15) is 13.2 Å². The Balaban J connectivity index is 2.26. The molecule has 0 aliphatic carbocycles. The number of hydrogen-bond acceptors (Lipinski definition) is 4. The van der Waals surface area contributed by atoms with Crippen molar-refractivity contribution >= 4 is 11.6 Å². The zero-order valence-corrected chi connectivity index (χ0v) is 10.7. The van der Waals surface area contributed by atoms with Gasteiger partial charge in [0.05, 0.1) is 4.92 Å². The van der Waals surface area contributed by atoms with E-state index in [0.717, 1.165) is 6.07 Å². The molecule has 1 amide bonds. The first-order valence-corrected chi connectivity index (χ1v) is 6.05. The standard InChI is InChI=1S/C12H11F3N2O4/c13-12(14,15)11(19)16-3-1-7-5-9(17(20)21)10(18)6-8(7)2-4-16/h5-6,18H,1-4H2. The van der Waals surface area contributed by atoms with Crippen LogP contribution in [0.2, 0.25) is 0 Å². The fourth-order valence-electron chi connectivity index (χ4n) is 2.28. The number of aromatic hydroxyl groups is 1. The Labute approximate surface area is 116 Å². The van der Waals surface area contributed by atoms with Crippen LogP contribution in [-0.2, 0) is 17.6 Å². The summed E-state index contributed by atoms with van der Waals surface area (Å²) in [5.41, 5.74) is 0.483. The highest BCUT2D eigenvalue weighted by Crippen LogP contribution is 2.31. The maximum absolute atomic E-state index is 12.4. The van der Waals surface area contributed by atoms with Crippen molar-refractivity contribution in [3.8, 4) is 5.75 Å². The summed E-state index contributed by atoms with van der Waals surface area (Å²) >= 11 is 0. The first kappa shape index (κ1) is 15.1. The van der Waals surface area contributed by atoms with E-state index in [-0.39, 0.29) is 25.9 Å². The molecule has 21 heavy (non-hydrogen) atoms. The van der Waals surface area contributed by atoms with E-state index < -0.39 is 28.4 Å². The number of halogens is 3. The molecule has 1 heterocycles. The van der Waals surface area contributed by atoms with E-state index >= 15 is 0 Å². The fraction of sp³-hybridized carbons (Fsp3) is 0.417. The highest BCUT2D eigenvalue weighted by atomic mass is 19.4. The Morgan fingerprint density at radius 2 is 1.76 bits per heavy atom. The van der Waals surface area contributed by atoms with Gasteiger partial charge in [0, 0.05) is 19.2 Å². The summed E-state index contributed by atoms with van der Waals surface area (Å²) in [6, 6.07) is 2.32. The van der Waals surface area contributed by atoms with Crippen molar-refractivity contribution < 1.29 is 28.0 Å². The molecular weight excluding hydrogens is 293 g/mol. The Hall–Kier alpha value is -2.32. The number of nitro groups is 1. The lowest BCUT2D eigenvalue weighted by atomic mass is 10.0. The van der Waals surface area contributed by atoms with Crippen LogP contribution >= 0.6 is 0 Å². The fourth-order valence-corrected chi connectivity index (χ4v) is 2.28. The summed E-state index contributed by atoms with van der Waals surface area (Å²) in [6.07, 6.45) is -4.77. The molecule has 2 rings (SSSR count). The van der Waals surface area contributed by atoms with E-state index in [1.165, 1.54) is 6.07 Å². The maximum atomic E-state index is 12.4. The molecule has 0 spiro atoms. The summed E-state index contributed by atoms with van der Waals surface area (Å²) in [7, 11) is 0. The number of nitrogens with zero attached hydrogens (tertiary/aromatic N) is 2. The van der Waals surface area contributed by atoms with Gasteiger partial charge in [0.2, 0.25) is 0 Å². The Morgan fingerprint density at radius 3 is 2.24 bits per heavy atom. The van der Waals surface area contributed by atoms with Gasteiger partial charge in [-0.15, -0.1) is 0 Å². The van der Waals surface area contributed by atoms with Crippen LogP contribution in [0.5, 0.6) is 5.75 Å². The van der Waals surface area contributed by atoms with Crippen LogP contribution in [0, 0.1) is 10.1 Å². The van der Waals surface area contributed by atoms with E-state index in [2.05, 4.69) is 0 Å². The second-order valence-corrected chi connectivity index (χ2v) is 4.66. The molecule has 1 aromatic rings. The smallest absolute Gasteiger partial charge is 0.471 e. The molecule has 0 bridgehead atoms. The average molecular weight is 304 g/mol. The molecular formula is C12H11F3N2O4. The molecule has 0 unspecified atom stereocenters. The second kappa shape index (κ2) is 5.23. The zero-order chi connectivity index (χ0) is 15.8. The van der Waals surface area contributed by atoms with Crippen molar-refractivity contribution in [3.05, 3.63) is 33.4 Å². The molecule has 0 radical (unpaired) electrons. The van der Waals surface area contributed by atoms with Crippen LogP contribution in [0.1, 0.15) is 11.1 Å². The normalized spacial score (nSPS) is 15.3. The third-order valence-electron chi connectivity index (χ3n) is 3.33. The lowest BCUT2D eigenvalue weighted by Crippen LogP contribution is -2.42. The summed E-state index contributed by atoms with van der Waals surface area (Å²) in [6.45, 7) is -0.324. The average Bonchev–Trinajstić information content (AvgIpc) is 2.57. The number of fused-ring (bicyclic) bond motifs is 1. The summed E-state index contributed by atoms with van der Waals surface area (Å²) in [4.78, 5) is 21.8. The minimum absolute atomic E-state index is 0.0677. The number of phenolic OH excluding ortho intramolecular Hbond substituents is 1. The van der Waals surface area contributed by atoms with Gasteiger partial charge in [-0.05, 0) is 30.0 Å². The Morgan fingerprint density at radius 1 is 1.24 bits per heavy atom. The number of rotatable bonds is 1. The van der Waals surface area contributed by atoms with Gasteiger partial charge < -0.3 is 10.0 Å². The molecule has 6 nitrogen and oxygen atoms in total. The van der Waals surface area contributed by atoms with Gasteiger partial charge in [-0.25, -0.2) is 0 Å². The van der Waals surface area contributed by atoms with Crippen molar-refractivity contribution in [2.45, 2.75) is 19.0 Å². The zero-order valence-electron chi connectivity index (χ0n) is 10.7. The lowest BCUT2D eigenvalue weighted by molar-refractivity contribution is -0.385. The first-order valence-electron chi connectivity index (χ1n) is 6.05. The van der Waals surface area contributed by atoms with E-state index in [1.54, 1.807) is 0 Å². The minimum Gasteiger partial charge on any atom is -0.502 e. The van der Waals surface area contributed by atoms with Crippen LogP contribution < -0.4 is 0 Å². The molecule has 0 fully saturated rings. The van der Waals surface area contributed by atoms with Crippen molar-refractivity contribution in [1.29, 1.82) is 0 Å². The summed E-state index contributed by atoms with van der Waals surface area (Å²) < 4.78 is 37.2. The third-order valence-corrected chi connectivity index (χ3v) is 3.33. The predicted octanol–water partition coefficient (Wildman–Crippen LogP) is 1.79.